The summed E-state index contributed by atoms with van der Waals surface area (Å²) in [6.07, 6.45) is 3.66. The van der Waals surface area contributed by atoms with Crippen molar-refractivity contribution in [3.63, 3.8) is 0 Å². The normalized spacial score (nSPS) is 8.87. The quantitative estimate of drug-likeness (QED) is 0.626. The van der Waals surface area contributed by atoms with E-state index in [1.807, 2.05) is 12.1 Å². The molecule has 0 amide bonds. The number of carboxylic acids is 2. The molecular formula is C9H13NO5. The molecule has 0 saturated heterocycles. The first kappa shape index (κ1) is 13.2. The van der Waals surface area contributed by atoms with Crippen molar-refractivity contribution in [2.75, 3.05) is 6.54 Å². The van der Waals surface area contributed by atoms with Gasteiger partial charge >= 0.3 is 11.9 Å². The third kappa shape index (κ3) is 7.27. The molecule has 15 heavy (non-hydrogen) atoms. The van der Waals surface area contributed by atoms with Crippen LogP contribution in [-0.2, 0) is 16.0 Å². The van der Waals surface area contributed by atoms with E-state index in [0.717, 1.165) is 25.1 Å². The fourth-order valence-electron chi connectivity index (χ4n) is 0.731. The molecule has 1 aromatic rings. The Morgan fingerprint density at radius 2 is 1.93 bits per heavy atom. The Labute approximate surface area is 86.3 Å². The highest BCUT2D eigenvalue weighted by molar-refractivity contribution is 6.27. The van der Waals surface area contributed by atoms with Crippen LogP contribution in [0, 0.1) is 0 Å². The number of carboxylic acid groups (broad SMARTS) is 2. The Hall–Kier alpha value is -1.82. The maximum atomic E-state index is 9.10. The molecule has 1 heterocycles. The lowest BCUT2D eigenvalue weighted by Gasteiger charge is -1.90. The minimum absolute atomic E-state index is 0.737. The molecule has 0 radical (unpaired) electrons. The van der Waals surface area contributed by atoms with Crippen molar-refractivity contribution in [1.82, 2.24) is 0 Å². The minimum atomic E-state index is -1.82. The Balaban J connectivity index is 0.000000288. The average Bonchev–Trinajstić information content (AvgIpc) is 2.68. The van der Waals surface area contributed by atoms with Gasteiger partial charge < -0.3 is 20.4 Å². The van der Waals surface area contributed by atoms with Gasteiger partial charge in [-0.1, -0.05) is 0 Å². The van der Waals surface area contributed by atoms with Gasteiger partial charge in [-0.15, -0.1) is 0 Å². The van der Waals surface area contributed by atoms with Crippen LogP contribution in [0.4, 0.5) is 0 Å². The number of aryl methyl sites for hydroxylation is 1. The lowest BCUT2D eigenvalue weighted by atomic mass is 10.2. The molecule has 4 N–H and O–H groups in total. The highest BCUT2D eigenvalue weighted by Crippen LogP contribution is 2.01. The second kappa shape index (κ2) is 7.57. The molecule has 84 valence electrons. The molecule has 0 atom stereocenters. The topological polar surface area (TPSA) is 114 Å². The van der Waals surface area contributed by atoms with Gasteiger partial charge in [0, 0.05) is 6.42 Å². The van der Waals surface area contributed by atoms with Crippen LogP contribution in [0.1, 0.15) is 12.2 Å². The average molecular weight is 215 g/mol. The van der Waals surface area contributed by atoms with Gasteiger partial charge in [0.05, 0.1) is 6.26 Å². The summed E-state index contributed by atoms with van der Waals surface area (Å²) >= 11 is 0. The molecule has 0 spiro atoms. The van der Waals surface area contributed by atoms with Crippen molar-refractivity contribution >= 4 is 11.9 Å². The monoisotopic (exact) mass is 215 g/mol. The molecule has 0 fully saturated rings. The zero-order valence-corrected chi connectivity index (χ0v) is 8.05. The molecule has 0 aromatic carbocycles. The number of hydrogen-bond acceptors (Lipinski definition) is 4. The van der Waals surface area contributed by atoms with Crippen LogP contribution in [0.5, 0.6) is 0 Å². The summed E-state index contributed by atoms with van der Waals surface area (Å²) in [5, 5.41) is 14.8. The third-order valence-corrected chi connectivity index (χ3v) is 1.39. The number of hydrogen-bond donors (Lipinski definition) is 3. The summed E-state index contributed by atoms with van der Waals surface area (Å²) in [5.74, 6) is -2.62. The molecule has 0 aliphatic carbocycles. The van der Waals surface area contributed by atoms with Gasteiger partial charge in [-0.25, -0.2) is 9.59 Å². The van der Waals surface area contributed by atoms with Gasteiger partial charge in [-0.2, -0.15) is 0 Å². The van der Waals surface area contributed by atoms with E-state index in [1.54, 1.807) is 6.26 Å². The van der Waals surface area contributed by atoms with Crippen LogP contribution in [0.15, 0.2) is 22.8 Å². The van der Waals surface area contributed by atoms with E-state index in [1.165, 1.54) is 0 Å². The Morgan fingerprint density at radius 3 is 2.27 bits per heavy atom. The molecule has 0 unspecified atom stereocenters. The van der Waals surface area contributed by atoms with Gasteiger partial charge in [-0.3, -0.25) is 0 Å². The molecule has 0 bridgehead atoms. The first-order chi connectivity index (χ1) is 7.07. The van der Waals surface area contributed by atoms with E-state index in [9.17, 15) is 0 Å². The molecule has 1 aromatic heterocycles. The van der Waals surface area contributed by atoms with Crippen molar-refractivity contribution in [2.24, 2.45) is 5.73 Å². The second-order valence-electron chi connectivity index (χ2n) is 2.58. The Morgan fingerprint density at radius 1 is 1.33 bits per heavy atom. The predicted molar refractivity (Wildman–Crippen MR) is 51.4 cm³/mol. The van der Waals surface area contributed by atoms with Crippen LogP contribution in [0.2, 0.25) is 0 Å². The zero-order valence-electron chi connectivity index (χ0n) is 8.05. The van der Waals surface area contributed by atoms with E-state index < -0.39 is 11.9 Å². The molecule has 0 aliphatic rings. The molecular weight excluding hydrogens is 202 g/mol. The SMILES string of the molecule is NCCCc1ccco1.O=C(O)C(=O)O. The first-order valence-electron chi connectivity index (χ1n) is 4.26. The van der Waals surface area contributed by atoms with Gasteiger partial charge in [0.2, 0.25) is 0 Å². The molecule has 0 saturated carbocycles. The van der Waals surface area contributed by atoms with E-state index in [2.05, 4.69) is 0 Å². The lowest BCUT2D eigenvalue weighted by molar-refractivity contribution is -0.159. The lowest BCUT2D eigenvalue weighted by Crippen LogP contribution is -2.09. The van der Waals surface area contributed by atoms with Crippen molar-refractivity contribution in [3.8, 4) is 0 Å². The minimum Gasteiger partial charge on any atom is -0.473 e. The zero-order chi connectivity index (χ0) is 11.7. The van der Waals surface area contributed by atoms with E-state index in [-0.39, 0.29) is 0 Å². The van der Waals surface area contributed by atoms with Crippen molar-refractivity contribution in [2.45, 2.75) is 12.8 Å². The standard InChI is InChI=1S/C7H11NO.C2H2O4/c8-5-1-3-7-4-2-6-9-7;3-1(4)2(5)6/h2,4,6H,1,3,5,8H2;(H,3,4)(H,5,6). The highest BCUT2D eigenvalue weighted by Gasteiger charge is 2.04. The largest absolute Gasteiger partial charge is 0.473 e. The van der Waals surface area contributed by atoms with E-state index in [4.69, 9.17) is 30.0 Å². The fraction of sp³-hybridized carbons (Fsp3) is 0.333. The third-order valence-electron chi connectivity index (χ3n) is 1.39. The van der Waals surface area contributed by atoms with Gasteiger partial charge in [0.1, 0.15) is 5.76 Å². The van der Waals surface area contributed by atoms with E-state index >= 15 is 0 Å². The molecule has 0 aliphatic heterocycles. The molecule has 6 nitrogen and oxygen atoms in total. The molecule has 1 rings (SSSR count). The Bertz CT molecular complexity index is 281. The summed E-state index contributed by atoms with van der Waals surface area (Å²) < 4.78 is 5.08. The number of furan rings is 1. The van der Waals surface area contributed by atoms with E-state index in [0.29, 0.717) is 0 Å². The highest BCUT2D eigenvalue weighted by atomic mass is 16.4. The van der Waals surface area contributed by atoms with Crippen LogP contribution < -0.4 is 5.73 Å². The number of aliphatic carboxylic acids is 2. The maximum absolute atomic E-state index is 9.10. The summed E-state index contributed by atoms with van der Waals surface area (Å²) in [5.41, 5.74) is 5.30. The summed E-state index contributed by atoms with van der Waals surface area (Å²) in [6.45, 7) is 0.737. The van der Waals surface area contributed by atoms with Crippen LogP contribution in [0.3, 0.4) is 0 Å². The fourth-order valence-corrected chi connectivity index (χ4v) is 0.731. The predicted octanol–water partition coefficient (Wildman–Crippen LogP) is 0.326. The smallest absolute Gasteiger partial charge is 0.414 e. The number of rotatable bonds is 3. The summed E-state index contributed by atoms with van der Waals surface area (Å²) in [6, 6.07) is 3.86. The first-order valence-corrected chi connectivity index (χ1v) is 4.26. The van der Waals surface area contributed by atoms with Gasteiger partial charge in [0.25, 0.3) is 0 Å². The number of carbonyl (C=O) groups is 2. The van der Waals surface area contributed by atoms with Gasteiger partial charge in [-0.05, 0) is 25.1 Å². The summed E-state index contributed by atoms with van der Waals surface area (Å²) in [7, 11) is 0. The summed E-state index contributed by atoms with van der Waals surface area (Å²) in [4.78, 5) is 18.2. The Kier molecular flexibility index (Phi) is 6.65. The van der Waals surface area contributed by atoms with Crippen LogP contribution >= 0.6 is 0 Å². The maximum Gasteiger partial charge on any atom is 0.414 e. The molecule has 6 heteroatoms. The van der Waals surface area contributed by atoms with Gasteiger partial charge in [0.15, 0.2) is 0 Å². The second-order valence-corrected chi connectivity index (χ2v) is 2.58. The van der Waals surface area contributed by atoms with Crippen LogP contribution in [0.25, 0.3) is 0 Å². The van der Waals surface area contributed by atoms with Crippen molar-refractivity contribution < 1.29 is 24.2 Å². The van der Waals surface area contributed by atoms with Crippen molar-refractivity contribution in [1.29, 1.82) is 0 Å². The van der Waals surface area contributed by atoms with Crippen LogP contribution in [-0.4, -0.2) is 28.7 Å². The number of nitrogens with two attached hydrogens (primary N) is 1. The van der Waals surface area contributed by atoms with Crippen molar-refractivity contribution in [3.05, 3.63) is 24.2 Å².